The number of para-hydroxylation sites is 1. The van der Waals surface area contributed by atoms with E-state index in [1.165, 1.54) is 0 Å². The van der Waals surface area contributed by atoms with Crippen LogP contribution in [0.2, 0.25) is 0 Å². The molecule has 0 aliphatic heterocycles. The van der Waals surface area contributed by atoms with Gasteiger partial charge in [-0.3, -0.25) is 4.79 Å². The molecule has 1 rings (SSSR count). The summed E-state index contributed by atoms with van der Waals surface area (Å²) in [6.45, 7) is 3.59. The minimum atomic E-state index is -0.159. The molecular formula is C11H17ClN2O2. The van der Waals surface area contributed by atoms with Crippen molar-refractivity contribution in [3.05, 3.63) is 29.8 Å². The Labute approximate surface area is 102 Å². The molecule has 0 radical (unpaired) electrons. The zero-order chi connectivity index (χ0) is 11.1. The second-order valence-electron chi connectivity index (χ2n) is 3.04. The van der Waals surface area contributed by atoms with Gasteiger partial charge in [0, 0.05) is 18.8 Å². The Hall–Kier alpha value is -1.26. The van der Waals surface area contributed by atoms with Gasteiger partial charge in [0.1, 0.15) is 0 Å². The van der Waals surface area contributed by atoms with E-state index in [0.29, 0.717) is 31.0 Å². The Bertz CT molecular complexity index is 332. The lowest BCUT2D eigenvalue weighted by Crippen LogP contribution is -2.27. The van der Waals surface area contributed by atoms with Crippen molar-refractivity contribution in [2.75, 3.05) is 25.5 Å². The van der Waals surface area contributed by atoms with E-state index in [1.54, 1.807) is 24.3 Å². The molecule has 90 valence electrons. The standard InChI is InChI=1S/C11H16N2O2.ClH/c1-2-15-8-7-13-11(14)9-5-3-4-6-10(9)12;/h3-6H,2,7-8,12H2,1H3,(H,13,14);1H. The molecule has 0 fully saturated rings. The lowest BCUT2D eigenvalue weighted by Gasteiger charge is -2.06. The summed E-state index contributed by atoms with van der Waals surface area (Å²) < 4.78 is 5.10. The lowest BCUT2D eigenvalue weighted by atomic mass is 10.2. The van der Waals surface area contributed by atoms with Crippen LogP contribution in [0.15, 0.2) is 24.3 Å². The molecule has 5 heteroatoms. The van der Waals surface area contributed by atoms with Crippen molar-refractivity contribution in [3.63, 3.8) is 0 Å². The molecule has 0 bridgehead atoms. The molecule has 4 nitrogen and oxygen atoms in total. The normalized spacial score (nSPS) is 9.31. The van der Waals surface area contributed by atoms with Gasteiger partial charge in [0.05, 0.1) is 12.2 Å². The van der Waals surface area contributed by atoms with Gasteiger partial charge >= 0.3 is 0 Å². The summed E-state index contributed by atoms with van der Waals surface area (Å²) in [4.78, 5) is 11.6. The van der Waals surface area contributed by atoms with Gasteiger partial charge < -0.3 is 15.8 Å². The van der Waals surface area contributed by atoms with Gasteiger partial charge in [-0.25, -0.2) is 0 Å². The summed E-state index contributed by atoms with van der Waals surface area (Å²) in [5.41, 5.74) is 6.66. The maximum Gasteiger partial charge on any atom is 0.253 e. The van der Waals surface area contributed by atoms with Crippen LogP contribution in [-0.2, 0) is 4.74 Å². The molecule has 0 aliphatic rings. The van der Waals surface area contributed by atoms with Crippen molar-refractivity contribution in [2.45, 2.75) is 6.92 Å². The summed E-state index contributed by atoms with van der Waals surface area (Å²) in [6, 6.07) is 6.99. The van der Waals surface area contributed by atoms with Crippen LogP contribution < -0.4 is 11.1 Å². The summed E-state index contributed by atoms with van der Waals surface area (Å²) in [6.07, 6.45) is 0. The Balaban J connectivity index is 0.00000225. The zero-order valence-electron chi connectivity index (χ0n) is 9.23. The third-order valence-corrected chi connectivity index (χ3v) is 1.94. The van der Waals surface area contributed by atoms with E-state index in [2.05, 4.69) is 5.32 Å². The minimum Gasteiger partial charge on any atom is -0.398 e. The van der Waals surface area contributed by atoms with Gasteiger partial charge in [-0.2, -0.15) is 0 Å². The fourth-order valence-electron chi connectivity index (χ4n) is 1.18. The quantitative estimate of drug-likeness (QED) is 0.609. The average Bonchev–Trinajstić information content (AvgIpc) is 2.25. The summed E-state index contributed by atoms with van der Waals surface area (Å²) in [5, 5.41) is 2.73. The van der Waals surface area contributed by atoms with Crippen molar-refractivity contribution in [1.82, 2.24) is 5.32 Å². The van der Waals surface area contributed by atoms with Gasteiger partial charge in [-0.1, -0.05) is 12.1 Å². The molecule has 0 aliphatic carbocycles. The van der Waals surface area contributed by atoms with Crippen molar-refractivity contribution in [2.24, 2.45) is 0 Å². The topological polar surface area (TPSA) is 64.3 Å². The number of amides is 1. The van der Waals surface area contributed by atoms with Crippen molar-refractivity contribution >= 4 is 24.0 Å². The lowest BCUT2D eigenvalue weighted by molar-refractivity contribution is 0.0923. The van der Waals surface area contributed by atoms with Gasteiger partial charge in [-0.15, -0.1) is 12.4 Å². The number of hydrogen-bond acceptors (Lipinski definition) is 3. The second kappa shape index (κ2) is 7.96. The predicted octanol–water partition coefficient (Wildman–Crippen LogP) is 1.46. The molecule has 0 saturated carbocycles. The molecule has 1 aromatic rings. The highest BCUT2D eigenvalue weighted by Gasteiger charge is 2.06. The van der Waals surface area contributed by atoms with Crippen molar-refractivity contribution in [3.8, 4) is 0 Å². The van der Waals surface area contributed by atoms with Gasteiger partial charge in [0.25, 0.3) is 5.91 Å². The van der Waals surface area contributed by atoms with E-state index in [9.17, 15) is 4.79 Å². The average molecular weight is 245 g/mol. The van der Waals surface area contributed by atoms with E-state index < -0.39 is 0 Å². The molecular weight excluding hydrogens is 228 g/mol. The van der Waals surface area contributed by atoms with Crippen LogP contribution in [0.5, 0.6) is 0 Å². The van der Waals surface area contributed by atoms with Crippen LogP contribution >= 0.6 is 12.4 Å². The molecule has 0 unspecified atom stereocenters. The summed E-state index contributed by atoms with van der Waals surface area (Å²) in [5.74, 6) is -0.159. The van der Waals surface area contributed by atoms with Crippen molar-refractivity contribution in [1.29, 1.82) is 0 Å². The van der Waals surface area contributed by atoms with Crippen LogP contribution in [0.3, 0.4) is 0 Å². The monoisotopic (exact) mass is 244 g/mol. The number of benzene rings is 1. The first-order valence-electron chi connectivity index (χ1n) is 4.96. The SMILES string of the molecule is CCOCCNC(=O)c1ccccc1N.Cl. The molecule has 3 N–H and O–H groups in total. The number of nitrogens with one attached hydrogen (secondary N) is 1. The third-order valence-electron chi connectivity index (χ3n) is 1.94. The number of halogens is 1. The fourth-order valence-corrected chi connectivity index (χ4v) is 1.18. The number of carbonyl (C=O) groups is 1. The summed E-state index contributed by atoms with van der Waals surface area (Å²) >= 11 is 0. The van der Waals surface area contributed by atoms with Crippen LogP contribution in [0.4, 0.5) is 5.69 Å². The maximum absolute atomic E-state index is 11.6. The largest absolute Gasteiger partial charge is 0.398 e. The first kappa shape index (κ1) is 14.7. The number of nitrogen functional groups attached to an aromatic ring is 1. The Morgan fingerprint density at radius 3 is 2.75 bits per heavy atom. The highest BCUT2D eigenvalue weighted by Crippen LogP contribution is 2.09. The molecule has 0 aromatic heterocycles. The molecule has 1 amide bonds. The molecule has 0 heterocycles. The van der Waals surface area contributed by atoms with Gasteiger partial charge in [0.2, 0.25) is 0 Å². The van der Waals surface area contributed by atoms with E-state index >= 15 is 0 Å². The van der Waals surface area contributed by atoms with Gasteiger partial charge in [0.15, 0.2) is 0 Å². The number of ether oxygens (including phenoxy) is 1. The molecule has 0 spiro atoms. The second-order valence-corrected chi connectivity index (χ2v) is 3.04. The minimum absolute atomic E-state index is 0. The Kier molecular flexibility index (Phi) is 7.33. The van der Waals surface area contributed by atoms with Crippen LogP contribution in [0.25, 0.3) is 0 Å². The van der Waals surface area contributed by atoms with Crippen LogP contribution in [0.1, 0.15) is 17.3 Å². The Morgan fingerprint density at radius 1 is 1.44 bits per heavy atom. The third kappa shape index (κ3) is 4.51. The highest BCUT2D eigenvalue weighted by atomic mass is 35.5. The van der Waals surface area contributed by atoms with E-state index in [-0.39, 0.29) is 18.3 Å². The first-order valence-corrected chi connectivity index (χ1v) is 4.96. The molecule has 1 aromatic carbocycles. The fraction of sp³-hybridized carbons (Fsp3) is 0.364. The smallest absolute Gasteiger partial charge is 0.253 e. The highest BCUT2D eigenvalue weighted by molar-refractivity contribution is 5.99. The van der Waals surface area contributed by atoms with Crippen LogP contribution in [-0.4, -0.2) is 25.7 Å². The predicted molar refractivity (Wildman–Crippen MR) is 66.9 cm³/mol. The van der Waals surface area contributed by atoms with Crippen molar-refractivity contribution < 1.29 is 9.53 Å². The number of nitrogens with two attached hydrogens (primary N) is 1. The maximum atomic E-state index is 11.6. The number of hydrogen-bond donors (Lipinski definition) is 2. The van der Waals surface area contributed by atoms with Crippen LogP contribution in [0, 0.1) is 0 Å². The Morgan fingerprint density at radius 2 is 2.12 bits per heavy atom. The van der Waals surface area contributed by atoms with E-state index in [4.69, 9.17) is 10.5 Å². The molecule has 0 saturated heterocycles. The molecule has 16 heavy (non-hydrogen) atoms. The van der Waals surface area contributed by atoms with E-state index in [0.717, 1.165) is 0 Å². The number of anilines is 1. The van der Waals surface area contributed by atoms with E-state index in [1.807, 2.05) is 6.92 Å². The molecule has 0 atom stereocenters. The number of rotatable bonds is 5. The first-order chi connectivity index (χ1) is 7.25. The summed E-state index contributed by atoms with van der Waals surface area (Å²) in [7, 11) is 0. The number of carbonyl (C=O) groups excluding carboxylic acids is 1. The zero-order valence-corrected chi connectivity index (χ0v) is 10.0. The van der Waals surface area contributed by atoms with Gasteiger partial charge in [-0.05, 0) is 19.1 Å².